The molecule has 436 valence electrons. The van der Waals surface area contributed by atoms with Gasteiger partial charge in [0.25, 0.3) is 34.8 Å². The van der Waals surface area contributed by atoms with Gasteiger partial charge in [-0.25, -0.2) is 9.97 Å². The van der Waals surface area contributed by atoms with Crippen molar-refractivity contribution < 1.29 is 60.5 Å². The molecule has 0 bridgehead atoms. The number of amides is 4. The number of anilines is 2. The minimum absolute atomic E-state index is 0.0787. The largest absolute Gasteiger partial charge is 0.497 e. The van der Waals surface area contributed by atoms with Crippen LogP contribution in [0.15, 0.2) is 66.7 Å². The Kier molecular flexibility index (Phi) is 19.3. The van der Waals surface area contributed by atoms with Crippen molar-refractivity contribution in [1.82, 2.24) is 29.6 Å². The summed E-state index contributed by atoms with van der Waals surface area (Å²) in [6.07, 6.45) is -3.83. The van der Waals surface area contributed by atoms with Gasteiger partial charge in [0.05, 0.1) is 29.6 Å². The minimum atomic E-state index is -5.25. The molecule has 0 aliphatic carbocycles. The van der Waals surface area contributed by atoms with E-state index in [4.69, 9.17) is 27.9 Å². The van der Waals surface area contributed by atoms with Crippen LogP contribution in [0.1, 0.15) is 94.6 Å². The molecule has 4 amide bonds. The van der Waals surface area contributed by atoms with E-state index in [0.717, 1.165) is 110 Å². The standard InChI is InChI=1S/C29H35Cl2F3N4O3.C28H35F3N4O4/c1-18-24(26(39)36(2)3)4-5-25(35-18)37-10-6-19(7-11-37)14-20-8-12-38(13-9-20)27(40)28(41,29(32,33)34)21-15-22(30)17-23(31)16-21;1-18-23(25(36)33(2)3)8-9-24(32-18)34-12-10-19(11-13-34)14-20-16-35(17-20)26(37)27(38,28(29,30)31)21-6-5-7-22(15-21)39-4/h4-5,15-17,19-20,41H,6-14H2,1-3H3;5-9,15,19-20,38H,10-14,16-17H2,1-4H3/t28-;27-/m11/s1. The minimum Gasteiger partial charge on any atom is -0.497 e. The molecular weight excluding hydrogens is 1090 g/mol. The molecule has 0 radical (unpaired) electrons. The highest BCUT2D eigenvalue weighted by Gasteiger charge is 2.64. The maximum Gasteiger partial charge on any atom is 0.430 e. The van der Waals surface area contributed by atoms with Crippen molar-refractivity contribution in [3.05, 3.63) is 110 Å². The molecule has 8 rings (SSSR count). The number of carbonyl (C=O) groups is 4. The molecule has 6 heterocycles. The van der Waals surface area contributed by atoms with Gasteiger partial charge in [-0.3, -0.25) is 19.2 Å². The average molecular weight is 1160 g/mol. The second kappa shape index (κ2) is 25.1. The van der Waals surface area contributed by atoms with E-state index in [1.165, 1.54) is 35.1 Å². The number of likely N-dealkylation sites (tertiary alicyclic amines) is 2. The van der Waals surface area contributed by atoms with Gasteiger partial charge in [-0.1, -0.05) is 35.3 Å². The predicted molar refractivity (Wildman–Crippen MR) is 292 cm³/mol. The van der Waals surface area contributed by atoms with Crippen molar-refractivity contribution in [2.75, 3.05) is 97.5 Å². The van der Waals surface area contributed by atoms with Crippen molar-refractivity contribution in [1.29, 1.82) is 0 Å². The summed E-state index contributed by atoms with van der Waals surface area (Å²) in [7, 11) is 8.13. The van der Waals surface area contributed by atoms with Gasteiger partial charge in [0.2, 0.25) is 0 Å². The van der Waals surface area contributed by atoms with Crippen LogP contribution >= 0.6 is 23.2 Å². The first-order valence-corrected chi connectivity index (χ1v) is 27.5. The van der Waals surface area contributed by atoms with Crippen molar-refractivity contribution in [3.8, 4) is 5.75 Å². The van der Waals surface area contributed by atoms with Crippen molar-refractivity contribution in [2.45, 2.75) is 88.8 Å². The number of hydrogen-bond donors (Lipinski definition) is 2. The molecule has 4 fully saturated rings. The molecule has 23 heteroatoms. The third-order valence-corrected chi connectivity index (χ3v) is 16.4. The molecule has 2 N–H and O–H groups in total. The highest BCUT2D eigenvalue weighted by molar-refractivity contribution is 6.34. The molecule has 4 aliphatic heterocycles. The summed E-state index contributed by atoms with van der Waals surface area (Å²) >= 11 is 11.8. The third kappa shape index (κ3) is 13.5. The summed E-state index contributed by atoms with van der Waals surface area (Å²) < 4.78 is 89.3. The van der Waals surface area contributed by atoms with Crippen LogP contribution in [-0.2, 0) is 20.8 Å². The Morgan fingerprint density at radius 1 is 0.575 bits per heavy atom. The number of ether oxygens (including phenoxy) is 1. The zero-order valence-electron chi connectivity index (χ0n) is 46.0. The summed E-state index contributed by atoms with van der Waals surface area (Å²) in [5.41, 5.74) is -6.07. The van der Waals surface area contributed by atoms with Crippen LogP contribution in [0.5, 0.6) is 5.75 Å². The highest BCUT2D eigenvalue weighted by Crippen LogP contribution is 2.45. The molecule has 80 heavy (non-hydrogen) atoms. The van der Waals surface area contributed by atoms with Gasteiger partial charge in [0.15, 0.2) is 0 Å². The van der Waals surface area contributed by atoms with Gasteiger partial charge in [-0.2, -0.15) is 26.3 Å². The van der Waals surface area contributed by atoms with Gasteiger partial charge in [0, 0.05) is 102 Å². The Balaban J connectivity index is 0.000000231. The summed E-state index contributed by atoms with van der Waals surface area (Å²) in [6.45, 7) is 7.54. The van der Waals surface area contributed by atoms with E-state index in [2.05, 4.69) is 19.8 Å². The first-order chi connectivity index (χ1) is 37.5. The number of aryl methyl sites for hydroxylation is 2. The fraction of sp³-hybridized carbons (Fsp3) is 0.544. The van der Waals surface area contributed by atoms with Crippen molar-refractivity contribution in [2.24, 2.45) is 23.7 Å². The van der Waals surface area contributed by atoms with E-state index in [-0.39, 0.29) is 65.6 Å². The Morgan fingerprint density at radius 2 is 0.975 bits per heavy atom. The van der Waals surface area contributed by atoms with Gasteiger partial charge < -0.3 is 44.3 Å². The molecule has 15 nitrogen and oxygen atoms in total. The fourth-order valence-corrected chi connectivity index (χ4v) is 11.8. The number of piperidine rings is 3. The number of aromatic nitrogens is 2. The smallest absolute Gasteiger partial charge is 0.430 e. The lowest BCUT2D eigenvalue weighted by molar-refractivity contribution is -0.264. The van der Waals surface area contributed by atoms with Gasteiger partial charge >= 0.3 is 12.4 Å². The lowest BCUT2D eigenvalue weighted by Crippen LogP contribution is -2.61. The van der Waals surface area contributed by atoms with E-state index in [1.807, 2.05) is 32.0 Å². The molecule has 4 aromatic rings. The molecular formula is C57H70Cl2F6N8O7. The van der Waals surface area contributed by atoms with Crippen LogP contribution in [0.25, 0.3) is 0 Å². The summed E-state index contributed by atoms with van der Waals surface area (Å²) in [5.74, 6) is 0.0976. The second-order valence-corrected chi connectivity index (χ2v) is 22.8. The van der Waals surface area contributed by atoms with E-state index in [1.54, 1.807) is 34.3 Å². The first kappa shape index (κ1) is 61.7. The molecule has 0 saturated carbocycles. The van der Waals surface area contributed by atoms with Crippen molar-refractivity contribution >= 4 is 58.5 Å². The number of methoxy groups -OCH3 is 1. The van der Waals surface area contributed by atoms with E-state index < -0.39 is 46.5 Å². The molecule has 2 aromatic heterocycles. The monoisotopic (exact) mass is 1160 g/mol. The Bertz CT molecular complexity index is 2850. The number of alkyl halides is 6. The second-order valence-electron chi connectivity index (χ2n) is 22.0. The number of benzene rings is 2. The van der Waals surface area contributed by atoms with Gasteiger partial charge in [-0.05, 0) is 143 Å². The van der Waals surface area contributed by atoms with Crippen molar-refractivity contribution in [3.63, 3.8) is 0 Å². The SMILES string of the molecule is COc1cccc([C@@](O)(C(=O)N2CC(CC3CCN(c4ccc(C(=O)N(C)C)c(C)n4)CC3)C2)C(F)(F)F)c1.Cc1nc(N2CCC(CC3CCN(C(=O)[C@](O)(c4cc(Cl)cc(Cl)c4)C(F)(F)F)CC3)CC2)ccc1C(=O)N(C)C. The van der Waals surface area contributed by atoms with E-state index >= 15 is 0 Å². The Hall–Kier alpha value is -5.90. The third-order valence-electron chi connectivity index (χ3n) is 16.0. The first-order valence-electron chi connectivity index (χ1n) is 26.7. The zero-order chi connectivity index (χ0) is 58.6. The molecule has 2 atom stereocenters. The van der Waals surface area contributed by atoms with E-state index in [0.29, 0.717) is 47.2 Å². The lowest BCUT2D eigenvalue weighted by atomic mass is 9.82. The Morgan fingerprint density at radius 3 is 1.38 bits per heavy atom. The van der Waals surface area contributed by atoms with Crippen LogP contribution in [0.4, 0.5) is 38.0 Å². The maximum absolute atomic E-state index is 14.1. The van der Waals surface area contributed by atoms with Crippen LogP contribution in [0.2, 0.25) is 10.0 Å². The summed E-state index contributed by atoms with van der Waals surface area (Å²) in [5, 5.41) is 21.2. The number of rotatable bonds is 13. The van der Waals surface area contributed by atoms with E-state index in [9.17, 15) is 55.7 Å². The number of pyridine rings is 2. The fourth-order valence-electron chi connectivity index (χ4n) is 11.3. The normalized spacial score (nSPS) is 18.6. The van der Waals surface area contributed by atoms with Gasteiger partial charge in [0.1, 0.15) is 17.4 Å². The average Bonchev–Trinajstić information content (AvgIpc) is 3.41. The molecule has 0 unspecified atom stereocenters. The molecule has 2 aromatic carbocycles. The number of carbonyl (C=O) groups excluding carboxylic acids is 4. The number of hydrogen-bond acceptors (Lipinski definition) is 11. The Labute approximate surface area is 472 Å². The van der Waals surface area contributed by atoms with Crippen LogP contribution in [0, 0.1) is 37.5 Å². The number of nitrogens with zero attached hydrogens (tertiary/aromatic N) is 8. The summed E-state index contributed by atoms with van der Waals surface area (Å²) in [6, 6.07) is 15.4. The molecule has 4 aliphatic rings. The highest BCUT2D eigenvalue weighted by atomic mass is 35.5. The predicted octanol–water partition coefficient (Wildman–Crippen LogP) is 9.31. The van der Waals surface area contributed by atoms with Crippen LogP contribution in [0.3, 0.4) is 0 Å². The topological polar surface area (TPSA) is 163 Å². The van der Waals surface area contributed by atoms with Crippen LogP contribution in [-0.4, -0.2) is 163 Å². The quantitative estimate of drug-likeness (QED) is 0.123. The van der Waals surface area contributed by atoms with Crippen LogP contribution < -0.4 is 14.5 Å². The lowest BCUT2D eigenvalue weighted by Gasteiger charge is -2.45. The molecule has 0 spiro atoms. The van der Waals surface area contributed by atoms with Gasteiger partial charge in [-0.15, -0.1) is 0 Å². The number of halogens is 8. The zero-order valence-corrected chi connectivity index (χ0v) is 47.5. The molecule has 4 saturated heterocycles. The summed E-state index contributed by atoms with van der Waals surface area (Å²) in [4.78, 5) is 69.6. The maximum atomic E-state index is 14.1. The number of aliphatic hydroxyl groups is 2.